The Kier molecular flexibility index (Phi) is 3.73. The summed E-state index contributed by atoms with van der Waals surface area (Å²) in [7, 11) is 2.14. The molecule has 2 fully saturated rings. The number of nitrogens with zero attached hydrogens (tertiary/aromatic N) is 2. The quantitative estimate of drug-likeness (QED) is 0.810. The molecule has 1 N–H and O–H groups in total. The Labute approximate surface area is 104 Å². The molecule has 0 amide bonds. The molecule has 2 heterocycles. The normalized spacial score (nSPS) is 33.1. The third kappa shape index (κ3) is 2.20. The summed E-state index contributed by atoms with van der Waals surface area (Å²) in [6, 6.07) is 0.477. The van der Waals surface area contributed by atoms with Gasteiger partial charge in [0, 0.05) is 6.04 Å². The average molecular weight is 240 g/mol. The molecule has 17 heavy (non-hydrogen) atoms. The highest BCUT2D eigenvalue weighted by atomic mass is 16.4. The molecule has 98 valence electrons. The minimum atomic E-state index is -0.614. The van der Waals surface area contributed by atoms with E-state index in [4.69, 9.17) is 0 Å². The molecule has 1 unspecified atom stereocenters. The van der Waals surface area contributed by atoms with Crippen LogP contribution in [-0.2, 0) is 4.79 Å². The van der Waals surface area contributed by atoms with Crippen LogP contribution in [0.15, 0.2) is 0 Å². The number of hydrogen-bond donors (Lipinski definition) is 1. The van der Waals surface area contributed by atoms with Crippen LogP contribution in [0.1, 0.15) is 39.0 Å². The topological polar surface area (TPSA) is 43.8 Å². The highest BCUT2D eigenvalue weighted by Gasteiger charge is 2.48. The lowest BCUT2D eigenvalue weighted by Crippen LogP contribution is -2.56. The molecule has 0 bridgehead atoms. The van der Waals surface area contributed by atoms with Gasteiger partial charge in [0.15, 0.2) is 0 Å². The summed E-state index contributed by atoms with van der Waals surface area (Å²) in [4.78, 5) is 16.2. The Morgan fingerprint density at radius 2 is 2.00 bits per heavy atom. The van der Waals surface area contributed by atoms with Crippen molar-refractivity contribution < 1.29 is 9.90 Å². The van der Waals surface area contributed by atoms with Gasteiger partial charge in [0.25, 0.3) is 0 Å². The molecule has 2 saturated heterocycles. The van der Waals surface area contributed by atoms with Gasteiger partial charge in [0.1, 0.15) is 5.54 Å². The summed E-state index contributed by atoms with van der Waals surface area (Å²) in [5, 5.41) is 9.56. The van der Waals surface area contributed by atoms with Crippen molar-refractivity contribution in [2.45, 2.75) is 50.6 Å². The van der Waals surface area contributed by atoms with Crippen LogP contribution in [0.5, 0.6) is 0 Å². The number of hydrogen-bond acceptors (Lipinski definition) is 3. The van der Waals surface area contributed by atoms with Crippen molar-refractivity contribution in [3.63, 3.8) is 0 Å². The molecule has 0 saturated carbocycles. The molecule has 0 aromatic carbocycles. The Bertz CT molecular complexity index is 287. The summed E-state index contributed by atoms with van der Waals surface area (Å²) < 4.78 is 0. The second-order valence-corrected chi connectivity index (χ2v) is 5.52. The Morgan fingerprint density at radius 1 is 1.35 bits per heavy atom. The van der Waals surface area contributed by atoms with Crippen molar-refractivity contribution in [1.82, 2.24) is 9.80 Å². The van der Waals surface area contributed by atoms with Crippen LogP contribution in [0.25, 0.3) is 0 Å². The molecule has 2 aliphatic rings. The number of carbonyl (C=O) groups is 1. The van der Waals surface area contributed by atoms with Crippen LogP contribution >= 0.6 is 0 Å². The van der Waals surface area contributed by atoms with Crippen molar-refractivity contribution >= 4 is 5.97 Å². The van der Waals surface area contributed by atoms with Gasteiger partial charge >= 0.3 is 5.97 Å². The Hall–Kier alpha value is -0.610. The highest BCUT2D eigenvalue weighted by molar-refractivity contribution is 5.79. The molecule has 0 radical (unpaired) electrons. The molecule has 2 rings (SSSR count). The first-order valence-corrected chi connectivity index (χ1v) is 6.79. The minimum Gasteiger partial charge on any atom is -0.480 e. The number of carboxylic acid groups (broad SMARTS) is 1. The number of aliphatic carboxylic acids is 1. The lowest BCUT2D eigenvalue weighted by Gasteiger charge is -2.42. The standard InChI is InChI=1S/C13H24N2O2/c1-3-13(12(16)17)7-4-8-15(13)11-5-9-14(2)10-6-11/h11H,3-10H2,1-2H3,(H,16,17). The fourth-order valence-electron chi connectivity index (χ4n) is 3.50. The SMILES string of the molecule is CCC1(C(=O)O)CCCN1C1CCN(C)CC1. The van der Waals surface area contributed by atoms with E-state index in [1.165, 1.54) is 0 Å². The predicted octanol–water partition coefficient (Wildman–Crippen LogP) is 1.41. The van der Waals surface area contributed by atoms with E-state index in [0.29, 0.717) is 6.04 Å². The first-order valence-electron chi connectivity index (χ1n) is 6.79. The van der Waals surface area contributed by atoms with Crippen molar-refractivity contribution in [3.05, 3.63) is 0 Å². The zero-order valence-electron chi connectivity index (χ0n) is 11.0. The largest absolute Gasteiger partial charge is 0.480 e. The number of rotatable bonds is 3. The predicted molar refractivity (Wildman–Crippen MR) is 67.1 cm³/mol. The molecule has 0 spiro atoms. The van der Waals surface area contributed by atoms with Crippen LogP contribution < -0.4 is 0 Å². The van der Waals surface area contributed by atoms with E-state index < -0.39 is 11.5 Å². The maximum Gasteiger partial charge on any atom is 0.324 e. The van der Waals surface area contributed by atoms with Gasteiger partial charge in [-0.15, -0.1) is 0 Å². The fourth-order valence-corrected chi connectivity index (χ4v) is 3.50. The summed E-state index contributed by atoms with van der Waals surface area (Å²) in [6.45, 7) is 5.18. The van der Waals surface area contributed by atoms with E-state index in [1.807, 2.05) is 6.92 Å². The summed E-state index contributed by atoms with van der Waals surface area (Å²) in [5.41, 5.74) is -0.569. The second kappa shape index (κ2) is 4.94. The second-order valence-electron chi connectivity index (χ2n) is 5.52. The van der Waals surface area contributed by atoms with Crippen LogP contribution in [0, 0.1) is 0 Å². The Balaban J connectivity index is 2.11. The molecule has 0 aromatic heterocycles. The molecule has 0 aliphatic carbocycles. The maximum atomic E-state index is 11.6. The fraction of sp³-hybridized carbons (Fsp3) is 0.923. The molecule has 0 aromatic rings. The number of carboxylic acids is 1. The first kappa shape index (κ1) is 12.8. The van der Waals surface area contributed by atoms with Gasteiger partial charge in [0.2, 0.25) is 0 Å². The van der Waals surface area contributed by atoms with Crippen LogP contribution in [0.2, 0.25) is 0 Å². The number of piperidine rings is 1. The average Bonchev–Trinajstić information content (AvgIpc) is 2.75. The zero-order chi connectivity index (χ0) is 12.5. The highest BCUT2D eigenvalue weighted by Crippen LogP contribution is 2.36. The van der Waals surface area contributed by atoms with Crippen LogP contribution in [0.3, 0.4) is 0 Å². The van der Waals surface area contributed by atoms with Gasteiger partial charge in [-0.25, -0.2) is 0 Å². The molecule has 4 heteroatoms. The third-order valence-corrected chi connectivity index (χ3v) is 4.65. The van der Waals surface area contributed by atoms with E-state index >= 15 is 0 Å². The van der Waals surface area contributed by atoms with Gasteiger partial charge in [-0.2, -0.15) is 0 Å². The molecule has 4 nitrogen and oxygen atoms in total. The van der Waals surface area contributed by atoms with Gasteiger partial charge in [-0.3, -0.25) is 9.69 Å². The molecule has 2 aliphatic heterocycles. The number of likely N-dealkylation sites (tertiary alicyclic amines) is 2. The van der Waals surface area contributed by atoms with Crippen molar-refractivity contribution in [1.29, 1.82) is 0 Å². The third-order valence-electron chi connectivity index (χ3n) is 4.65. The van der Waals surface area contributed by atoms with Crippen molar-refractivity contribution in [3.8, 4) is 0 Å². The van der Waals surface area contributed by atoms with E-state index in [9.17, 15) is 9.90 Å². The maximum absolute atomic E-state index is 11.6. The van der Waals surface area contributed by atoms with E-state index in [2.05, 4.69) is 16.8 Å². The molecule has 1 atom stereocenters. The molecular weight excluding hydrogens is 216 g/mol. The lowest BCUT2D eigenvalue weighted by molar-refractivity contribution is -0.152. The summed E-state index contributed by atoms with van der Waals surface area (Å²) in [6.07, 6.45) is 4.82. The van der Waals surface area contributed by atoms with Crippen molar-refractivity contribution in [2.24, 2.45) is 0 Å². The monoisotopic (exact) mass is 240 g/mol. The first-order chi connectivity index (χ1) is 8.10. The van der Waals surface area contributed by atoms with Gasteiger partial charge < -0.3 is 10.0 Å². The summed E-state index contributed by atoms with van der Waals surface area (Å²) >= 11 is 0. The van der Waals surface area contributed by atoms with Crippen LogP contribution in [0.4, 0.5) is 0 Å². The van der Waals surface area contributed by atoms with Crippen molar-refractivity contribution in [2.75, 3.05) is 26.7 Å². The van der Waals surface area contributed by atoms with E-state index in [-0.39, 0.29) is 0 Å². The summed E-state index contributed by atoms with van der Waals surface area (Å²) in [5.74, 6) is -0.614. The van der Waals surface area contributed by atoms with Gasteiger partial charge in [-0.1, -0.05) is 6.92 Å². The van der Waals surface area contributed by atoms with Gasteiger partial charge in [-0.05, 0) is 58.8 Å². The minimum absolute atomic E-state index is 0.477. The van der Waals surface area contributed by atoms with Gasteiger partial charge in [0.05, 0.1) is 0 Å². The molecular formula is C13H24N2O2. The lowest BCUT2D eigenvalue weighted by atomic mass is 9.90. The smallest absolute Gasteiger partial charge is 0.324 e. The zero-order valence-corrected chi connectivity index (χ0v) is 11.0. The van der Waals surface area contributed by atoms with E-state index in [1.54, 1.807) is 0 Å². The van der Waals surface area contributed by atoms with Crippen LogP contribution in [-0.4, -0.2) is 59.1 Å². The Morgan fingerprint density at radius 3 is 2.53 bits per heavy atom. The van der Waals surface area contributed by atoms with E-state index in [0.717, 1.165) is 51.7 Å².